The number of nitrogens with one attached hydrogen (secondary N) is 1. The van der Waals surface area contributed by atoms with Crippen LogP contribution in [0.5, 0.6) is 0 Å². The second-order valence-corrected chi connectivity index (χ2v) is 5.76. The van der Waals surface area contributed by atoms with E-state index in [-0.39, 0.29) is 0 Å². The van der Waals surface area contributed by atoms with Crippen molar-refractivity contribution in [1.29, 1.82) is 0 Å². The zero-order chi connectivity index (χ0) is 13.6. The van der Waals surface area contributed by atoms with Crippen molar-refractivity contribution in [2.24, 2.45) is 11.7 Å². The van der Waals surface area contributed by atoms with Crippen molar-refractivity contribution in [3.8, 4) is 0 Å². The number of carbonyl (C=O) groups is 1. The molecule has 0 aliphatic carbocycles. The highest BCUT2D eigenvalue weighted by Gasteiger charge is 2.28. The van der Waals surface area contributed by atoms with Crippen molar-refractivity contribution in [2.75, 3.05) is 13.1 Å². The van der Waals surface area contributed by atoms with Crippen molar-refractivity contribution in [2.45, 2.75) is 13.0 Å². The molecule has 0 saturated carbocycles. The highest BCUT2D eigenvalue weighted by Crippen LogP contribution is 2.32. The summed E-state index contributed by atoms with van der Waals surface area (Å²) in [7, 11) is 0. The summed E-state index contributed by atoms with van der Waals surface area (Å²) < 4.78 is 2.87. The van der Waals surface area contributed by atoms with Crippen LogP contribution in [0.1, 0.15) is 23.3 Å². The molecule has 1 aromatic heterocycles. The first-order chi connectivity index (χ1) is 9.09. The molecular formula is C13H15BrN4O. The minimum atomic E-state index is -0.444. The molecule has 19 heavy (non-hydrogen) atoms. The lowest BCUT2D eigenvalue weighted by molar-refractivity contribution is 0.100. The van der Waals surface area contributed by atoms with Crippen LogP contribution in [-0.2, 0) is 0 Å². The molecular weight excluding hydrogens is 308 g/mol. The maximum atomic E-state index is 11.5. The molecule has 5 nitrogen and oxygen atoms in total. The zero-order valence-electron chi connectivity index (χ0n) is 10.6. The number of rotatable bonds is 2. The average Bonchev–Trinajstić information content (AvgIpc) is 2.93. The summed E-state index contributed by atoms with van der Waals surface area (Å²) in [6.45, 7) is 4.06. The van der Waals surface area contributed by atoms with Gasteiger partial charge in [0.05, 0.1) is 11.6 Å². The first kappa shape index (κ1) is 12.6. The molecule has 2 aromatic rings. The second-order valence-electron chi connectivity index (χ2n) is 5.00. The number of amides is 1. The molecule has 0 spiro atoms. The fraction of sp³-hybridized carbons (Fsp3) is 0.385. The third-order valence-corrected chi connectivity index (χ3v) is 4.51. The van der Waals surface area contributed by atoms with E-state index in [0.717, 1.165) is 23.1 Å². The molecule has 3 rings (SSSR count). The summed E-state index contributed by atoms with van der Waals surface area (Å²) in [6.07, 6.45) is 0. The van der Waals surface area contributed by atoms with Crippen LogP contribution >= 0.6 is 15.9 Å². The van der Waals surface area contributed by atoms with Crippen LogP contribution in [0.4, 0.5) is 0 Å². The van der Waals surface area contributed by atoms with Gasteiger partial charge in [-0.3, -0.25) is 9.48 Å². The Kier molecular flexibility index (Phi) is 3.06. The second kappa shape index (κ2) is 4.61. The number of hydrogen-bond donors (Lipinski definition) is 2. The van der Waals surface area contributed by atoms with E-state index in [0.29, 0.717) is 23.0 Å². The number of halogens is 1. The molecule has 1 aliphatic rings. The third kappa shape index (κ3) is 1.95. The number of benzene rings is 1. The van der Waals surface area contributed by atoms with E-state index in [1.54, 1.807) is 6.07 Å². The average molecular weight is 323 g/mol. The van der Waals surface area contributed by atoms with E-state index in [4.69, 9.17) is 5.73 Å². The van der Waals surface area contributed by atoms with E-state index in [2.05, 4.69) is 33.3 Å². The van der Waals surface area contributed by atoms with E-state index in [1.165, 1.54) is 0 Å². The Balaban J connectivity index is 2.19. The maximum absolute atomic E-state index is 11.5. The summed E-state index contributed by atoms with van der Waals surface area (Å²) >= 11 is 3.59. The monoisotopic (exact) mass is 322 g/mol. The number of aromatic nitrogens is 2. The summed E-state index contributed by atoms with van der Waals surface area (Å²) in [5.41, 5.74) is 6.54. The van der Waals surface area contributed by atoms with E-state index in [9.17, 15) is 4.79 Å². The molecule has 1 fully saturated rings. The Morgan fingerprint density at radius 3 is 2.95 bits per heavy atom. The highest BCUT2D eigenvalue weighted by molar-refractivity contribution is 9.10. The first-order valence-electron chi connectivity index (χ1n) is 6.27. The van der Waals surface area contributed by atoms with Crippen molar-refractivity contribution in [3.63, 3.8) is 0 Å². The van der Waals surface area contributed by atoms with Gasteiger partial charge in [0.15, 0.2) is 0 Å². The molecule has 3 N–H and O–H groups in total. The van der Waals surface area contributed by atoms with Crippen LogP contribution in [0.25, 0.3) is 10.9 Å². The molecule has 6 heteroatoms. The van der Waals surface area contributed by atoms with Gasteiger partial charge in [0.2, 0.25) is 0 Å². The van der Waals surface area contributed by atoms with Gasteiger partial charge in [-0.25, -0.2) is 0 Å². The van der Waals surface area contributed by atoms with Crippen molar-refractivity contribution >= 4 is 32.7 Å². The third-order valence-electron chi connectivity index (χ3n) is 3.72. The van der Waals surface area contributed by atoms with Gasteiger partial charge in [-0.15, -0.1) is 0 Å². The summed E-state index contributed by atoms with van der Waals surface area (Å²) in [5, 5.41) is 8.88. The van der Waals surface area contributed by atoms with Gasteiger partial charge in [0, 0.05) is 11.9 Å². The van der Waals surface area contributed by atoms with E-state index >= 15 is 0 Å². The van der Waals surface area contributed by atoms with Gasteiger partial charge in [0.25, 0.3) is 5.91 Å². The van der Waals surface area contributed by atoms with Crippen LogP contribution in [0.15, 0.2) is 22.8 Å². The Labute approximate surface area is 119 Å². The molecule has 2 unspecified atom stereocenters. The number of nitrogens with zero attached hydrogens (tertiary/aromatic N) is 2. The van der Waals surface area contributed by atoms with Gasteiger partial charge < -0.3 is 11.1 Å². The molecule has 1 saturated heterocycles. The van der Waals surface area contributed by atoms with Gasteiger partial charge in [0.1, 0.15) is 10.1 Å². The quantitative estimate of drug-likeness (QED) is 0.883. The molecule has 1 aromatic carbocycles. The van der Waals surface area contributed by atoms with E-state index in [1.807, 2.05) is 16.8 Å². The normalized spacial score (nSPS) is 23.1. The summed E-state index contributed by atoms with van der Waals surface area (Å²) in [4.78, 5) is 11.5. The Morgan fingerprint density at radius 1 is 1.53 bits per heavy atom. The predicted molar refractivity (Wildman–Crippen MR) is 77.0 cm³/mol. The largest absolute Gasteiger partial charge is 0.366 e. The van der Waals surface area contributed by atoms with Crippen molar-refractivity contribution in [1.82, 2.24) is 15.1 Å². The molecule has 1 amide bonds. The van der Waals surface area contributed by atoms with Crippen molar-refractivity contribution < 1.29 is 4.79 Å². The number of carbonyl (C=O) groups excluding carboxylic acids is 1. The lowest BCUT2D eigenvalue weighted by atomic mass is 10.1. The van der Waals surface area contributed by atoms with Crippen LogP contribution in [-0.4, -0.2) is 28.8 Å². The Morgan fingerprint density at radius 2 is 2.32 bits per heavy atom. The standard InChI is InChI=1S/C13H15BrN4O/c1-7-5-16-6-10(7)18-12(14)8-3-2-4-9(13(15)19)11(8)17-18/h2-4,7,10,16H,5-6H2,1H3,(H2,15,19). The number of fused-ring (bicyclic) bond motifs is 1. The smallest absolute Gasteiger partial charge is 0.250 e. The van der Waals surface area contributed by atoms with Gasteiger partial charge >= 0.3 is 0 Å². The topological polar surface area (TPSA) is 72.9 Å². The number of hydrogen-bond acceptors (Lipinski definition) is 3. The Hall–Kier alpha value is -1.40. The Bertz CT molecular complexity index is 651. The molecule has 100 valence electrons. The van der Waals surface area contributed by atoms with E-state index < -0.39 is 5.91 Å². The van der Waals surface area contributed by atoms with Crippen LogP contribution in [0.3, 0.4) is 0 Å². The molecule has 2 heterocycles. The maximum Gasteiger partial charge on any atom is 0.250 e. The highest BCUT2D eigenvalue weighted by atomic mass is 79.9. The van der Waals surface area contributed by atoms with Gasteiger partial charge in [-0.2, -0.15) is 5.10 Å². The summed E-state index contributed by atoms with van der Waals surface area (Å²) in [6, 6.07) is 5.78. The first-order valence-corrected chi connectivity index (χ1v) is 7.06. The fourth-order valence-electron chi connectivity index (χ4n) is 2.63. The minimum Gasteiger partial charge on any atom is -0.366 e. The molecule has 0 bridgehead atoms. The SMILES string of the molecule is CC1CNCC1n1nc2c(C(N)=O)cccc2c1Br. The molecule has 2 atom stereocenters. The van der Waals surface area contributed by atoms with Crippen LogP contribution in [0, 0.1) is 5.92 Å². The van der Waals surface area contributed by atoms with Crippen LogP contribution in [0.2, 0.25) is 0 Å². The number of nitrogens with two attached hydrogens (primary N) is 1. The van der Waals surface area contributed by atoms with Crippen molar-refractivity contribution in [3.05, 3.63) is 28.4 Å². The number of primary amides is 1. The molecule has 0 radical (unpaired) electrons. The minimum absolute atomic E-state index is 0.294. The van der Waals surface area contributed by atoms with Gasteiger partial charge in [-0.05, 0) is 40.5 Å². The predicted octanol–water partition coefficient (Wildman–Crippen LogP) is 1.68. The molecule has 1 aliphatic heterocycles. The zero-order valence-corrected chi connectivity index (χ0v) is 12.1. The fourth-order valence-corrected chi connectivity index (χ4v) is 3.30. The lowest BCUT2D eigenvalue weighted by Crippen LogP contribution is -2.18. The lowest BCUT2D eigenvalue weighted by Gasteiger charge is -2.15. The van der Waals surface area contributed by atoms with Gasteiger partial charge in [-0.1, -0.05) is 13.0 Å². The summed E-state index contributed by atoms with van der Waals surface area (Å²) in [5.74, 6) is 0.0583. The van der Waals surface area contributed by atoms with Crippen LogP contribution < -0.4 is 11.1 Å².